The molecule has 2 aliphatic rings. The van der Waals surface area contributed by atoms with Crippen LogP contribution >= 0.6 is 11.8 Å². The smallest absolute Gasteiger partial charge is 0.241 e. The van der Waals surface area contributed by atoms with Crippen molar-refractivity contribution in [2.75, 3.05) is 5.32 Å². The lowest BCUT2D eigenvalue weighted by Gasteiger charge is -2.32. The van der Waals surface area contributed by atoms with Crippen LogP contribution in [0.5, 0.6) is 0 Å². The first-order valence-corrected chi connectivity index (χ1v) is 6.21. The normalized spacial score (nSPS) is 22.5. The Morgan fingerprint density at radius 3 is 2.73 bits per heavy atom. The van der Waals surface area contributed by atoms with Crippen molar-refractivity contribution in [3.8, 4) is 0 Å². The van der Waals surface area contributed by atoms with Crippen molar-refractivity contribution >= 4 is 23.4 Å². The number of fused-ring (bicyclic) bond motifs is 1. The van der Waals surface area contributed by atoms with Crippen molar-refractivity contribution in [2.24, 2.45) is 0 Å². The van der Waals surface area contributed by atoms with E-state index in [2.05, 4.69) is 11.4 Å². The molecular weight excluding hydrogens is 206 g/mol. The third kappa shape index (κ3) is 1.37. The summed E-state index contributed by atoms with van der Waals surface area (Å²) in [5.41, 5.74) is 0.977. The van der Waals surface area contributed by atoms with E-state index in [-0.39, 0.29) is 10.7 Å². The van der Waals surface area contributed by atoms with Crippen molar-refractivity contribution in [2.45, 2.75) is 35.3 Å². The van der Waals surface area contributed by atoms with Gasteiger partial charge in [-0.3, -0.25) is 4.79 Å². The molecule has 3 heteroatoms. The topological polar surface area (TPSA) is 29.1 Å². The monoisotopic (exact) mass is 219 g/mol. The van der Waals surface area contributed by atoms with E-state index in [1.165, 1.54) is 17.7 Å². The molecular formula is C12H13NOS. The fourth-order valence-electron chi connectivity index (χ4n) is 2.43. The van der Waals surface area contributed by atoms with Gasteiger partial charge in [0, 0.05) is 4.90 Å². The number of anilines is 1. The van der Waals surface area contributed by atoms with Crippen LogP contribution in [-0.2, 0) is 4.79 Å². The molecule has 0 bridgehead atoms. The Morgan fingerprint density at radius 1 is 1.20 bits per heavy atom. The lowest BCUT2D eigenvalue weighted by Crippen LogP contribution is -2.40. The fourth-order valence-corrected chi connectivity index (χ4v) is 3.86. The molecule has 0 saturated heterocycles. The Bertz CT molecular complexity index is 410. The highest BCUT2D eigenvalue weighted by Gasteiger charge is 2.45. The zero-order valence-corrected chi connectivity index (χ0v) is 9.27. The van der Waals surface area contributed by atoms with Gasteiger partial charge in [-0.05, 0) is 25.0 Å². The maximum atomic E-state index is 12.0. The number of amides is 1. The molecule has 1 fully saturated rings. The molecule has 1 amide bonds. The van der Waals surface area contributed by atoms with Gasteiger partial charge in [-0.15, -0.1) is 11.8 Å². The lowest BCUT2D eigenvalue weighted by molar-refractivity contribution is -0.118. The Morgan fingerprint density at radius 2 is 1.93 bits per heavy atom. The van der Waals surface area contributed by atoms with E-state index in [1.54, 1.807) is 11.8 Å². The standard InChI is InChI=1S/C12H13NOS/c14-11-12(7-3-4-8-12)15-10-6-2-1-5-9(10)13-11/h1-2,5-6H,3-4,7-8H2,(H,13,14). The van der Waals surface area contributed by atoms with Gasteiger partial charge in [0.05, 0.1) is 10.4 Å². The van der Waals surface area contributed by atoms with Gasteiger partial charge < -0.3 is 5.32 Å². The molecule has 2 nitrogen and oxygen atoms in total. The van der Waals surface area contributed by atoms with Gasteiger partial charge in [0.25, 0.3) is 0 Å². The molecule has 3 rings (SSSR count). The average molecular weight is 219 g/mol. The second-order valence-electron chi connectivity index (χ2n) is 4.25. The second-order valence-corrected chi connectivity index (χ2v) is 5.68. The summed E-state index contributed by atoms with van der Waals surface area (Å²) in [5.74, 6) is 0.212. The molecule has 1 spiro atoms. The van der Waals surface area contributed by atoms with E-state index in [0.29, 0.717) is 0 Å². The molecule has 0 aromatic heterocycles. The number of nitrogens with one attached hydrogen (secondary N) is 1. The van der Waals surface area contributed by atoms with Crippen molar-refractivity contribution in [3.63, 3.8) is 0 Å². The number of hydrogen-bond donors (Lipinski definition) is 1. The molecule has 0 unspecified atom stereocenters. The minimum Gasteiger partial charge on any atom is -0.324 e. The van der Waals surface area contributed by atoms with Crippen LogP contribution in [0.25, 0.3) is 0 Å². The SMILES string of the molecule is O=C1Nc2ccccc2SC12CCCC2. The molecule has 15 heavy (non-hydrogen) atoms. The van der Waals surface area contributed by atoms with E-state index in [1.807, 2.05) is 18.2 Å². The van der Waals surface area contributed by atoms with Crippen molar-refractivity contribution < 1.29 is 4.79 Å². The van der Waals surface area contributed by atoms with Crippen LogP contribution in [0, 0.1) is 0 Å². The van der Waals surface area contributed by atoms with Crippen LogP contribution in [0.1, 0.15) is 25.7 Å². The third-order valence-corrected chi connectivity index (χ3v) is 4.83. The van der Waals surface area contributed by atoms with Crippen LogP contribution in [-0.4, -0.2) is 10.7 Å². The second kappa shape index (κ2) is 3.27. The van der Waals surface area contributed by atoms with Crippen LogP contribution < -0.4 is 5.32 Å². The van der Waals surface area contributed by atoms with Crippen LogP contribution in [0.3, 0.4) is 0 Å². The summed E-state index contributed by atoms with van der Waals surface area (Å²) in [6, 6.07) is 8.07. The largest absolute Gasteiger partial charge is 0.324 e. The van der Waals surface area contributed by atoms with Crippen molar-refractivity contribution in [3.05, 3.63) is 24.3 Å². The molecule has 1 aromatic carbocycles. The maximum Gasteiger partial charge on any atom is 0.241 e. The van der Waals surface area contributed by atoms with E-state index in [4.69, 9.17) is 0 Å². The zero-order valence-electron chi connectivity index (χ0n) is 8.45. The highest BCUT2D eigenvalue weighted by molar-refractivity contribution is 8.01. The highest BCUT2D eigenvalue weighted by Crippen LogP contribution is 2.50. The van der Waals surface area contributed by atoms with E-state index in [0.717, 1.165) is 18.5 Å². The Kier molecular flexibility index (Phi) is 2.02. The molecule has 1 N–H and O–H groups in total. The first-order valence-electron chi connectivity index (χ1n) is 5.40. The highest BCUT2D eigenvalue weighted by atomic mass is 32.2. The van der Waals surface area contributed by atoms with Gasteiger partial charge in [0.15, 0.2) is 0 Å². The third-order valence-electron chi connectivity index (χ3n) is 3.27. The predicted octanol–water partition coefficient (Wildman–Crippen LogP) is 3.04. The number of hydrogen-bond acceptors (Lipinski definition) is 2. The summed E-state index contributed by atoms with van der Waals surface area (Å²) in [5, 5.41) is 3.03. The molecule has 0 radical (unpaired) electrons. The van der Waals surface area contributed by atoms with Crippen LogP contribution in [0.2, 0.25) is 0 Å². The zero-order chi connectivity index (χ0) is 10.3. The van der Waals surface area contributed by atoms with Gasteiger partial charge >= 0.3 is 0 Å². The number of rotatable bonds is 0. The molecule has 1 heterocycles. The first kappa shape index (κ1) is 9.28. The van der Waals surface area contributed by atoms with Gasteiger partial charge in [-0.2, -0.15) is 0 Å². The number of carbonyl (C=O) groups excluding carboxylic acids is 1. The first-order chi connectivity index (χ1) is 7.30. The minimum absolute atomic E-state index is 0.158. The van der Waals surface area contributed by atoms with Gasteiger partial charge in [0.2, 0.25) is 5.91 Å². The molecule has 78 valence electrons. The van der Waals surface area contributed by atoms with Gasteiger partial charge in [0.1, 0.15) is 0 Å². The molecule has 1 aromatic rings. The molecule has 1 aliphatic carbocycles. The maximum absolute atomic E-state index is 12.0. The summed E-state index contributed by atoms with van der Waals surface area (Å²) < 4.78 is -0.158. The molecule has 0 atom stereocenters. The van der Waals surface area contributed by atoms with E-state index >= 15 is 0 Å². The van der Waals surface area contributed by atoms with E-state index in [9.17, 15) is 4.79 Å². The Balaban J connectivity index is 2.02. The predicted molar refractivity (Wildman–Crippen MR) is 62.1 cm³/mol. The van der Waals surface area contributed by atoms with Crippen molar-refractivity contribution in [1.29, 1.82) is 0 Å². The minimum atomic E-state index is -0.158. The number of carbonyl (C=O) groups is 1. The van der Waals surface area contributed by atoms with Crippen LogP contribution in [0.4, 0.5) is 5.69 Å². The fraction of sp³-hybridized carbons (Fsp3) is 0.417. The average Bonchev–Trinajstić information content (AvgIpc) is 2.70. The summed E-state index contributed by atoms with van der Waals surface area (Å²) in [7, 11) is 0. The summed E-state index contributed by atoms with van der Waals surface area (Å²) in [6.45, 7) is 0. The Labute approximate surface area is 93.4 Å². The summed E-state index contributed by atoms with van der Waals surface area (Å²) >= 11 is 1.76. The number of benzene rings is 1. The molecule has 1 aliphatic heterocycles. The number of para-hydroxylation sites is 1. The van der Waals surface area contributed by atoms with Gasteiger partial charge in [-0.25, -0.2) is 0 Å². The Hall–Kier alpha value is -0.960. The van der Waals surface area contributed by atoms with Crippen molar-refractivity contribution in [1.82, 2.24) is 0 Å². The van der Waals surface area contributed by atoms with Gasteiger partial charge in [-0.1, -0.05) is 25.0 Å². The summed E-state index contributed by atoms with van der Waals surface area (Å²) in [4.78, 5) is 13.3. The molecule has 1 saturated carbocycles. The summed E-state index contributed by atoms with van der Waals surface area (Å²) in [6.07, 6.45) is 4.42. The number of thioether (sulfide) groups is 1. The van der Waals surface area contributed by atoms with E-state index < -0.39 is 0 Å². The quantitative estimate of drug-likeness (QED) is 0.726. The van der Waals surface area contributed by atoms with Crippen LogP contribution in [0.15, 0.2) is 29.2 Å². The lowest BCUT2D eigenvalue weighted by atomic mass is 10.1.